The number of para-hydroxylation sites is 2. The number of carbonyl (C=O) groups is 1. The lowest BCUT2D eigenvalue weighted by atomic mass is 10.2. The normalized spacial score (nSPS) is 13.7. The molecule has 4 rings (SSSR count). The Bertz CT molecular complexity index is 1040. The third kappa shape index (κ3) is 3.37. The molecule has 1 fully saturated rings. The maximum atomic E-state index is 13.1. The molecule has 0 bridgehead atoms. The van der Waals surface area contributed by atoms with Crippen molar-refractivity contribution in [3.8, 4) is 5.69 Å². The number of fused-ring (bicyclic) bond motifs is 1. The van der Waals surface area contributed by atoms with Gasteiger partial charge in [-0.2, -0.15) is 0 Å². The molecule has 0 radical (unpaired) electrons. The molecule has 1 heterocycles. The SMILES string of the molecule is Cc1ccccc1-n1c(SCC(=O)NC2CC2)nc2ccccc2c1=O. The summed E-state index contributed by atoms with van der Waals surface area (Å²) in [4.78, 5) is 29.9. The summed E-state index contributed by atoms with van der Waals surface area (Å²) < 4.78 is 1.62. The van der Waals surface area contributed by atoms with Gasteiger partial charge in [-0.3, -0.25) is 14.2 Å². The summed E-state index contributed by atoms with van der Waals surface area (Å²) in [5.74, 6) is 0.226. The molecular weight excluding hydrogens is 346 g/mol. The summed E-state index contributed by atoms with van der Waals surface area (Å²) >= 11 is 1.30. The van der Waals surface area contributed by atoms with Gasteiger partial charge in [0.05, 0.1) is 22.3 Å². The predicted octanol–water partition coefficient (Wildman–Crippen LogP) is 3.06. The highest BCUT2D eigenvalue weighted by Gasteiger charge is 2.23. The highest BCUT2D eigenvalue weighted by Crippen LogP contribution is 2.24. The molecule has 0 atom stereocenters. The molecule has 5 nitrogen and oxygen atoms in total. The zero-order valence-corrected chi connectivity index (χ0v) is 15.3. The van der Waals surface area contributed by atoms with Crippen LogP contribution in [-0.4, -0.2) is 27.3 Å². The minimum atomic E-state index is -0.116. The minimum absolute atomic E-state index is 0.0174. The number of hydrogen-bond acceptors (Lipinski definition) is 4. The first kappa shape index (κ1) is 16.8. The maximum absolute atomic E-state index is 13.1. The minimum Gasteiger partial charge on any atom is -0.353 e. The van der Waals surface area contributed by atoms with Crippen molar-refractivity contribution in [1.82, 2.24) is 14.9 Å². The van der Waals surface area contributed by atoms with Crippen LogP contribution in [0.5, 0.6) is 0 Å². The van der Waals surface area contributed by atoms with Gasteiger partial charge < -0.3 is 5.32 Å². The van der Waals surface area contributed by atoms with Gasteiger partial charge in [0.15, 0.2) is 5.16 Å². The quantitative estimate of drug-likeness (QED) is 0.557. The van der Waals surface area contributed by atoms with E-state index in [4.69, 9.17) is 0 Å². The van der Waals surface area contributed by atoms with Crippen LogP contribution in [0, 0.1) is 6.92 Å². The maximum Gasteiger partial charge on any atom is 0.266 e. The highest BCUT2D eigenvalue weighted by atomic mass is 32.2. The molecule has 0 aliphatic heterocycles. The van der Waals surface area contributed by atoms with Crippen LogP contribution in [-0.2, 0) is 4.79 Å². The fourth-order valence-electron chi connectivity index (χ4n) is 2.86. The summed E-state index contributed by atoms with van der Waals surface area (Å²) in [6.07, 6.45) is 2.11. The summed E-state index contributed by atoms with van der Waals surface area (Å²) in [6, 6.07) is 15.3. The lowest BCUT2D eigenvalue weighted by molar-refractivity contribution is -0.118. The number of benzene rings is 2. The van der Waals surface area contributed by atoms with Gasteiger partial charge in [-0.1, -0.05) is 42.1 Å². The molecule has 3 aromatic rings. The molecule has 1 aliphatic rings. The van der Waals surface area contributed by atoms with E-state index in [-0.39, 0.29) is 17.2 Å². The van der Waals surface area contributed by atoms with Crippen molar-refractivity contribution in [2.75, 3.05) is 5.75 Å². The molecule has 0 saturated heterocycles. The molecule has 1 aliphatic carbocycles. The Kier molecular flexibility index (Phi) is 4.51. The molecule has 2 aromatic carbocycles. The van der Waals surface area contributed by atoms with Crippen LogP contribution in [0.15, 0.2) is 58.5 Å². The average Bonchev–Trinajstić information content (AvgIpc) is 3.45. The highest BCUT2D eigenvalue weighted by molar-refractivity contribution is 7.99. The van der Waals surface area contributed by atoms with Crippen molar-refractivity contribution in [3.05, 3.63) is 64.4 Å². The van der Waals surface area contributed by atoms with Crippen molar-refractivity contribution in [1.29, 1.82) is 0 Å². The lowest BCUT2D eigenvalue weighted by Crippen LogP contribution is -2.28. The smallest absolute Gasteiger partial charge is 0.266 e. The van der Waals surface area contributed by atoms with Gasteiger partial charge in [-0.05, 0) is 43.5 Å². The molecule has 132 valence electrons. The zero-order valence-electron chi connectivity index (χ0n) is 14.4. The topological polar surface area (TPSA) is 64.0 Å². The number of aromatic nitrogens is 2. The molecule has 1 aromatic heterocycles. The van der Waals surface area contributed by atoms with Gasteiger partial charge in [-0.25, -0.2) is 4.98 Å². The van der Waals surface area contributed by atoms with Crippen molar-refractivity contribution in [2.24, 2.45) is 0 Å². The number of carbonyl (C=O) groups excluding carboxylic acids is 1. The standard InChI is InChI=1S/C20H19N3O2S/c1-13-6-2-5-9-17(13)23-19(25)15-7-3-4-8-16(15)22-20(23)26-12-18(24)21-14-10-11-14/h2-9,14H,10-12H2,1H3,(H,21,24). The number of rotatable bonds is 5. The predicted molar refractivity (Wildman–Crippen MR) is 104 cm³/mol. The number of amides is 1. The van der Waals surface area contributed by atoms with E-state index in [2.05, 4.69) is 10.3 Å². The van der Waals surface area contributed by atoms with Gasteiger partial charge in [-0.15, -0.1) is 0 Å². The van der Waals surface area contributed by atoms with Crippen LogP contribution in [0.4, 0.5) is 0 Å². The van der Waals surface area contributed by atoms with E-state index in [1.165, 1.54) is 11.8 Å². The first-order valence-corrected chi connectivity index (χ1v) is 9.62. The van der Waals surface area contributed by atoms with E-state index in [9.17, 15) is 9.59 Å². The van der Waals surface area contributed by atoms with Gasteiger partial charge in [0.2, 0.25) is 5.91 Å². The molecule has 26 heavy (non-hydrogen) atoms. The van der Waals surface area contributed by atoms with Gasteiger partial charge in [0.25, 0.3) is 5.56 Å². The van der Waals surface area contributed by atoms with Crippen LogP contribution in [0.3, 0.4) is 0 Å². The fourth-order valence-corrected chi connectivity index (χ4v) is 3.68. The first-order valence-electron chi connectivity index (χ1n) is 8.63. The second-order valence-corrected chi connectivity index (χ2v) is 7.41. The van der Waals surface area contributed by atoms with Crippen molar-refractivity contribution in [3.63, 3.8) is 0 Å². The largest absolute Gasteiger partial charge is 0.353 e. The zero-order chi connectivity index (χ0) is 18.1. The second kappa shape index (κ2) is 6.96. The van der Waals surface area contributed by atoms with E-state index in [1.807, 2.05) is 49.4 Å². The molecule has 0 unspecified atom stereocenters. The monoisotopic (exact) mass is 365 g/mol. The number of aryl methyl sites for hydroxylation is 1. The Morgan fingerprint density at radius 1 is 1.19 bits per heavy atom. The molecular formula is C20H19N3O2S. The van der Waals surface area contributed by atoms with Crippen LogP contribution in [0.2, 0.25) is 0 Å². The van der Waals surface area contributed by atoms with Crippen molar-refractivity contribution >= 4 is 28.6 Å². The van der Waals surface area contributed by atoms with Crippen molar-refractivity contribution in [2.45, 2.75) is 31.0 Å². The molecule has 1 N–H and O–H groups in total. The number of nitrogens with one attached hydrogen (secondary N) is 1. The Morgan fingerprint density at radius 2 is 1.92 bits per heavy atom. The van der Waals surface area contributed by atoms with Gasteiger partial charge in [0.1, 0.15) is 0 Å². The molecule has 0 spiro atoms. The van der Waals surface area contributed by atoms with Gasteiger partial charge in [0, 0.05) is 6.04 Å². The number of hydrogen-bond donors (Lipinski definition) is 1. The van der Waals surface area contributed by atoms with E-state index >= 15 is 0 Å². The second-order valence-electron chi connectivity index (χ2n) is 6.47. The first-order chi connectivity index (χ1) is 12.6. The molecule has 1 amide bonds. The third-order valence-electron chi connectivity index (χ3n) is 4.38. The van der Waals surface area contributed by atoms with Gasteiger partial charge >= 0.3 is 0 Å². The number of thioether (sulfide) groups is 1. The lowest BCUT2D eigenvalue weighted by Gasteiger charge is -2.15. The molecule has 6 heteroatoms. The van der Waals surface area contributed by atoms with Crippen LogP contribution in [0.25, 0.3) is 16.6 Å². The summed E-state index contributed by atoms with van der Waals surface area (Å²) in [5.41, 5.74) is 2.30. The van der Waals surface area contributed by atoms with E-state index in [0.29, 0.717) is 22.1 Å². The number of nitrogens with zero attached hydrogens (tertiary/aromatic N) is 2. The van der Waals surface area contributed by atoms with Crippen molar-refractivity contribution < 1.29 is 4.79 Å². The third-order valence-corrected chi connectivity index (χ3v) is 5.31. The van der Waals surface area contributed by atoms with Crippen LogP contribution >= 0.6 is 11.8 Å². The van der Waals surface area contributed by atoms with Crippen LogP contribution in [0.1, 0.15) is 18.4 Å². The Morgan fingerprint density at radius 3 is 2.69 bits per heavy atom. The average molecular weight is 365 g/mol. The summed E-state index contributed by atoms with van der Waals surface area (Å²) in [7, 11) is 0. The fraction of sp³-hybridized carbons (Fsp3) is 0.250. The Balaban J connectivity index is 1.78. The Labute approximate surface area is 155 Å². The summed E-state index contributed by atoms with van der Waals surface area (Å²) in [6.45, 7) is 1.96. The van der Waals surface area contributed by atoms with E-state index < -0.39 is 0 Å². The summed E-state index contributed by atoms with van der Waals surface area (Å²) in [5, 5.41) is 4.08. The van der Waals surface area contributed by atoms with Crippen LogP contribution < -0.4 is 10.9 Å². The Hall–Kier alpha value is -2.60. The van der Waals surface area contributed by atoms with E-state index in [0.717, 1.165) is 24.1 Å². The van der Waals surface area contributed by atoms with E-state index in [1.54, 1.807) is 10.6 Å². The molecule has 1 saturated carbocycles.